The van der Waals surface area contributed by atoms with Gasteiger partial charge in [0.25, 0.3) is 5.56 Å². The van der Waals surface area contributed by atoms with E-state index in [0.29, 0.717) is 17.8 Å². The number of fused-ring (bicyclic) bond motifs is 1. The van der Waals surface area contributed by atoms with E-state index >= 15 is 0 Å². The second kappa shape index (κ2) is 10.7. The Morgan fingerprint density at radius 3 is 2.61 bits per heavy atom. The second-order valence-electron chi connectivity index (χ2n) is 10.7. The van der Waals surface area contributed by atoms with Crippen LogP contribution in [-0.4, -0.2) is 52.2 Å². The van der Waals surface area contributed by atoms with Crippen molar-refractivity contribution in [1.82, 2.24) is 14.3 Å². The van der Waals surface area contributed by atoms with Gasteiger partial charge < -0.3 is 14.5 Å². The van der Waals surface area contributed by atoms with Crippen LogP contribution in [0.25, 0.3) is 16.8 Å². The van der Waals surface area contributed by atoms with Gasteiger partial charge in [-0.05, 0) is 76.3 Å². The lowest BCUT2D eigenvalue weighted by molar-refractivity contribution is 0.0199. The van der Waals surface area contributed by atoms with Crippen molar-refractivity contribution in [2.45, 2.75) is 71.4 Å². The minimum atomic E-state index is -0.502. The molecule has 1 atom stereocenters. The Bertz CT molecular complexity index is 1260. The van der Waals surface area contributed by atoms with Crippen LogP contribution in [0.1, 0.15) is 59.1 Å². The maximum atomic E-state index is 13.4. The van der Waals surface area contributed by atoms with Crippen molar-refractivity contribution < 1.29 is 9.53 Å². The Morgan fingerprint density at radius 1 is 1.17 bits per heavy atom. The number of benzene rings is 1. The quantitative estimate of drug-likeness (QED) is 0.454. The number of hydrogen-bond donors (Lipinski definition) is 0. The van der Waals surface area contributed by atoms with E-state index < -0.39 is 5.60 Å². The second-order valence-corrected chi connectivity index (χ2v) is 10.7. The van der Waals surface area contributed by atoms with E-state index in [1.54, 1.807) is 10.6 Å². The van der Waals surface area contributed by atoms with Gasteiger partial charge in [-0.1, -0.05) is 31.5 Å². The zero-order valence-electron chi connectivity index (χ0n) is 22.2. The molecular formula is C29H38N4O3. The van der Waals surface area contributed by atoms with Gasteiger partial charge in [-0.3, -0.25) is 9.20 Å². The van der Waals surface area contributed by atoms with Crippen molar-refractivity contribution >= 4 is 17.4 Å². The monoisotopic (exact) mass is 490 g/mol. The van der Waals surface area contributed by atoms with Crippen LogP contribution in [0.2, 0.25) is 0 Å². The number of aromatic nitrogens is 2. The van der Waals surface area contributed by atoms with E-state index in [4.69, 9.17) is 9.72 Å². The van der Waals surface area contributed by atoms with E-state index in [-0.39, 0.29) is 17.7 Å². The zero-order valence-corrected chi connectivity index (χ0v) is 22.2. The van der Waals surface area contributed by atoms with Crippen LogP contribution < -0.4 is 10.5 Å². The predicted molar refractivity (Wildman–Crippen MR) is 145 cm³/mol. The highest BCUT2D eigenvalue weighted by atomic mass is 16.6. The largest absolute Gasteiger partial charge is 0.444 e. The number of rotatable bonds is 6. The van der Waals surface area contributed by atoms with Gasteiger partial charge in [-0.15, -0.1) is 0 Å². The van der Waals surface area contributed by atoms with Crippen LogP contribution in [0.15, 0.2) is 53.5 Å². The third kappa shape index (κ3) is 5.72. The molecule has 192 valence electrons. The molecule has 1 fully saturated rings. The minimum Gasteiger partial charge on any atom is -0.444 e. The number of anilines is 1. The van der Waals surface area contributed by atoms with Crippen molar-refractivity contribution in [3.63, 3.8) is 0 Å². The maximum absolute atomic E-state index is 13.4. The summed E-state index contributed by atoms with van der Waals surface area (Å²) in [6.07, 6.45) is 6.27. The third-order valence-electron chi connectivity index (χ3n) is 6.74. The number of likely N-dealkylation sites (N-methyl/N-ethyl adjacent to an activating group) is 1. The van der Waals surface area contributed by atoms with Crippen molar-refractivity contribution in [3.05, 3.63) is 64.7 Å². The Labute approximate surface area is 213 Å². The van der Waals surface area contributed by atoms with Gasteiger partial charge in [-0.2, -0.15) is 0 Å². The fourth-order valence-corrected chi connectivity index (χ4v) is 4.79. The Balaban J connectivity index is 1.57. The molecule has 4 rings (SSSR count). The minimum absolute atomic E-state index is 0.0342. The van der Waals surface area contributed by atoms with E-state index in [1.807, 2.05) is 56.0 Å². The Hall–Kier alpha value is -3.35. The summed E-state index contributed by atoms with van der Waals surface area (Å²) < 4.78 is 7.21. The summed E-state index contributed by atoms with van der Waals surface area (Å²) in [4.78, 5) is 34.9. The maximum Gasteiger partial charge on any atom is 0.410 e. The van der Waals surface area contributed by atoms with Gasteiger partial charge in [0.15, 0.2) is 0 Å². The summed E-state index contributed by atoms with van der Waals surface area (Å²) in [6.45, 7) is 9.18. The van der Waals surface area contributed by atoms with Crippen molar-refractivity contribution in [3.8, 4) is 11.1 Å². The first kappa shape index (κ1) is 25.7. The molecule has 7 nitrogen and oxygen atoms in total. The van der Waals surface area contributed by atoms with Crippen molar-refractivity contribution in [2.24, 2.45) is 0 Å². The fourth-order valence-electron chi connectivity index (χ4n) is 4.79. The van der Waals surface area contributed by atoms with Crippen LogP contribution >= 0.6 is 0 Å². The van der Waals surface area contributed by atoms with Crippen LogP contribution in [0.3, 0.4) is 0 Å². The number of likely N-dealkylation sites (tertiary alicyclic amines) is 1. The third-order valence-corrected chi connectivity index (χ3v) is 6.74. The SMILES string of the molecule is CCCCc1nc2ccccn2c(=O)c1-c1ccc(N(C)C2CCCN(C(=O)OC(C)(C)C)C2)cc1. The number of piperidine rings is 1. The van der Waals surface area contributed by atoms with E-state index in [1.165, 1.54) is 0 Å². The number of carbonyl (C=O) groups excluding carboxylic acids is 1. The molecule has 1 unspecified atom stereocenters. The van der Waals surface area contributed by atoms with Crippen molar-refractivity contribution in [1.29, 1.82) is 0 Å². The van der Waals surface area contributed by atoms with Gasteiger partial charge in [0, 0.05) is 38.1 Å². The number of hydrogen-bond acceptors (Lipinski definition) is 5. The lowest BCUT2D eigenvalue weighted by Gasteiger charge is -2.39. The molecule has 0 bridgehead atoms. The van der Waals surface area contributed by atoms with E-state index in [9.17, 15) is 9.59 Å². The van der Waals surface area contributed by atoms with E-state index in [0.717, 1.165) is 55.6 Å². The summed E-state index contributed by atoms with van der Waals surface area (Å²) >= 11 is 0. The van der Waals surface area contributed by atoms with Gasteiger partial charge in [0.1, 0.15) is 11.2 Å². The topological polar surface area (TPSA) is 67.2 Å². The summed E-state index contributed by atoms with van der Waals surface area (Å²) in [5.74, 6) is 0. The summed E-state index contributed by atoms with van der Waals surface area (Å²) in [5, 5.41) is 0. The molecular weight excluding hydrogens is 452 g/mol. The summed E-state index contributed by atoms with van der Waals surface area (Å²) in [5.41, 5.74) is 3.61. The molecule has 0 spiro atoms. The molecule has 3 heterocycles. The highest BCUT2D eigenvalue weighted by molar-refractivity contribution is 5.70. The normalized spacial score (nSPS) is 16.2. The number of amides is 1. The predicted octanol–water partition coefficient (Wildman–Crippen LogP) is 5.54. The lowest BCUT2D eigenvalue weighted by Crippen LogP contribution is -2.50. The molecule has 3 aromatic rings. The Morgan fingerprint density at radius 2 is 1.92 bits per heavy atom. The first-order valence-electron chi connectivity index (χ1n) is 13.0. The number of carbonyl (C=O) groups is 1. The van der Waals surface area contributed by atoms with Crippen LogP contribution in [-0.2, 0) is 11.2 Å². The standard InChI is InChI=1S/C29H38N4O3/c1-6-7-12-24-26(27(34)33-19-9-8-13-25(33)30-24)21-14-16-22(17-15-21)31(5)23-11-10-18-32(20-23)28(35)36-29(2,3)4/h8-9,13-17,19,23H,6-7,10-12,18,20H2,1-5H3. The van der Waals surface area contributed by atoms with Gasteiger partial charge in [-0.25, -0.2) is 9.78 Å². The highest BCUT2D eigenvalue weighted by Crippen LogP contribution is 2.27. The molecule has 1 amide bonds. The zero-order chi connectivity index (χ0) is 25.9. The molecule has 0 saturated carbocycles. The number of ether oxygens (including phenoxy) is 1. The van der Waals surface area contributed by atoms with Crippen LogP contribution in [0, 0.1) is 0 Å². The number of pyridine rings is 1. The Kier molecular flexibility index (Phi) is 7.67. The molecule has 1 aliphatic rings. The molecule has 2 aromatic heterocycles. The lowest BCUT2D eigenvalue weighted by atomic mass is 10.0. The van der Waals surface area contributed by atoms with Gasteiger partial charge in [0.2, 0.25) is 0 Å². The average molecular weight is 491 g/mol. The van der Waals surface area contributed by atoms with Gasteiger partial charge in [0.05, 0.1) is 11.3 Å². The molecule has 1 aromatic carbocycles. The number of nitrogens with zero attached hydrogens (tertiary/aromatic N) is 4. The van der Waals surface area contributed by atoms with Crippen LogP contribution in [0.5, 0.6) is 0 Å². The highest BCUT2D eigenvalue weighted by Gasteiger charge is 2.29. The number of aryl methyl sites for hydroxylation is 1. The molecule has 0 aliphatic carbocycles. The molecule has 36 heavy (non-hydrogen) atoms. The molecule has 7 heteroatoms. The summed E-state index contributed by atoms with van der Waals surface area (Å²) in [7, 11) is 2.07. The summed E-state index contributed by atoms with van der Waals surface area (Å²) in [6, 6.07) is 14.0. The fraction of sp³-hybridized carbons (Fsp3) is 0.483. The molecule has 1 saturated heterocycles. The van der Waals surface area contributed by atoms with E-state index in [2.05, 4.69) is 31.0 Å². The average Bonchev–Trinajstić information content (AvgIpc) is 2.86. The smallest absolute Gasteiger partial charge is 0.410 e. The molecule has 1 aliphatic heterocycles. The molecule has 0 radical (unpaired) electrons. The van der Waals surface area contributed by atoms with Crippen LogP contribution in [0.4, 0.5) is 10.5 Å². The molecule has 0 N–H and O–H groups in total. The first-order chi connectivity index (χ1) is 17.2. The van der Waals surface area contributed by atoms with Gasteiger partial charge >= 0.3 is 6.09 Å². The number of unbranched alkanes of at least 4 members (excludes halogenated alkanes) is 1. The van der Waals surface area contributed by atoms with Crippen molar-refractivity contribution in [2.75, 3.05) is 25.0 Å². The first-order valence-corrected chi connectivity index (χ1v) is 13.0.